The molecule has 0 amide bonds. The number of ether oxygens (including phenoxy) is 2. The van der Waals surface area contributed by atoms with Crippen LogP contribution in [-0.4, -0.2) is 24.4 Å². The highest BCUT2D eigenvalue weighted by atomic mass is 16.5. The maximum atomic E-state index is 5.68. The standard InChI is InChI=1S/C12H15N3O3/c1-7(13)11-14-15-12(18-11)8-5-4-6-9(16-2)10(8)17-3/h4-7H,13H2,1-3H3. The molecule has 1 atom stereocenters. The van der Waals surface area contributed by atoms with Crippen LogP contribution in [0, 0.1) is 0 Å². The van der Waals surface area contributed by atoms with Crippen LogP contribution in [0.25, 0.3) is 11.5 Å². The molecule has 1 heterocycles. The van der Waals surface area contributed by atoms with E-state index in [0.29, 0.717) is 28.8 Å². The quantitative estimate of drug-likeness (QED) is 0.889. The molecule has 0 bridgehead atoms. The van der Waals surface area contributed by atoms with E-state index < -0.39 is 0 Å². The van der Waals surface area contributed by atoms with Crippen molar-refractivity contribution >= 4 is 0 Å². The molecule has 0 radical (unpaired) electrons. The Kier molecular flexibility index (Phi) is 3.47. The lowest BCUT2D eigenvalue weighted by molar-refractivity contribution is 0.354. The van der Waals surface area contributed by atoms with E-state index in [-0.39, 0.29) is 6.04 Å². The lowest BCUT2D eigenvalue weighted by Crippen LogP contribution is -2.04. The number of benzene rings is 1. The monoisotopic (exact) mass is 249 g/mol. The van der Waals surface area contributed by atoms with Crippen molar-refractivity contribution < 1.29 is 13.9 Å². The van der Waals surface area contributed by atoms with Crippen molar-refractivity contribution in [3.8, 4) is 23.0 Å². The Morgan fingerprint density at radius 3 is 2.56 bits per heavy atom. The summed E-state index contributed by atoms with van der Waals surface area (Å²) in [6.45, 7) is 1.78. The van der Waals surface area contributed by atoms with E-state index in [1.807, 2.05) is 12.1 Å². The maximum Gasteiger partial charge on any atom is 0.251 e. The molecule has 0 aliphatic heterocycles. The van der Waals surface area contributed by atoms with Gasteiger partial charge in [-0.15, -0.1) is 10.2 Å². The van der Waals surface area contributed by atoms with Gasteiger partial charge in [-0.05, 0) is 19.1 Å². The Labute approximate surface area is 105 Å². The van der Waals surface area contributed by atoms with Gasteiger partial charge in [0.15, 0.2) is 11.5 Å². The third kappa shape index (κ3) is 2.14. The van der Waals surface area contributed by atoms with Crippen LogP contribution in [0.1, 0.15) is 18.9 Å². The van der Waals surface area contributed by atoms with E-state index in [2.05, 4.69) is 10.2 Å². The van der Waals surface area contributed by atoms with Gasteiger partial charge in [-0.2, -0.15) is 0 Å². The smallest absolute Gasteiger partial charge is 0.251 e. The van der Waals surface area contributed by atoms with Crippen LogP contribution in [0.3, 0.4) is 0 Å². The van der Waals surface area contributed by atoms with Gasteiger partial charge >= 0.3 is 0 Å². The summed E-state index contributed by atoms with van der Waals surface area (Å²) in [6, 6.07) is 5.14. The first kappa shape index (κ1) is 12.4. The van der Waals surface area contributed by atoms with Gasteiger partial charge in [0.1, 0.15) is 0 Å². The molecular weight excluding hydrogens is 234 g/mol. The van der Waals surface area contributed by atoms with Crippen LogP contribution < -0.4 is 15.2 Å². The minimum Gasteiger partial charge on any atom is -0.493 e. The maximum absolute atomic E-state index is 5.68. The third-order valence-electron chi connectivity index (χ3n) is 2.46. The van der Waals surface area contributed by atoms with Crippen molar-refractivity contribution in [3.05, 3.63) is 24.1 Å². The summed E-state index contributed by atoms with van der Waals surface area (Å²) in [5, 5.41) is 7.84. The Balaban J connectivity index is 2.49. The molecule has 6 nitrogen and oxygen atoms in total. The third-order valence-corrected chi connectivity index (χ3v) is 2.46. The summed E-state index contributed by atoms with van der Waals surface area (Å²) >= 11 is 0. The summed E-state index contributed by atoms with van der Waals surface area (Å²) < 4.78 is 16.0. The van der Waals surface area contributed by atoms with Crippen molar-refractivity contribution in [2.75, 3.05) is 14.2 Å². The van der Waals surface area contributed by atoms with Crippen LogP contribution in [0.15, 0.2) is 22.6 Å². The minimum atomic E-state index is -0.303. The molecular formula is C12H15N3O3. The summed E-state index contributed by atoms with van der Waals surface area (Å²) in [6.07, 6.45) is 0. The fourth-order valence-corrected chi connectivity index (χ4v) is 1.58. The van der Waals surface area contributed by atoms with E-state index in [1.54, 1.807) is 27.2 Å². The Bertz CT molecular complexity index is 537. The summed E-state index contributed by atoms with van der Waals surface area (Å²) in [5.41, 5.74) is 6.36. The molecule has 1 aromatic carbocycles. The molecule has 1 aromatic heterocycles. The van der Waals surface area contributed by atoms with Gasteiger partial charge in [0.2, 0.25) is 5.89 Å². The van der Waals surface area contributed by atoms with Gasteiger partial charge in [-0.3, -0.25) is 0 Å². The van der Waals surface area contributed by atoms with Gasteiger partial charge in [0, 0.05) is 0 Å². The Hall–Kier alpha value is -2.08. The zero-order valence-electron chi connectivity index (χ0n) is 10.5. The molecule has 2 rings (SSSR count). The first-order valence-corrected chi connectivity index (χ1v) is 5.47. The highest BCUT2D eigenvalue weighted by Crippen LogP contribution is 2.37. The molecule has 0 saturated carbocycles. The summed E-state index contributed by atoms with van der Waals surface area (Å²) in [4.78, 5) is 0. The molecule has 1 unspecified atom stereocenters. The minimum absolute atomic E-state index is 0.303. The zero-order chi connectivity index (χ0) is 13.1. The molecule has 0 fully saturated rings. The molecule has 2 aromatic rings. The van der Waals surface area contributed by atoms with Crippen LogP contribution in [0.5, 0.6) is 11.5 Å². The number of hydrogen-bond acceptors (Lipinski definition) is 6. The van der Waals surface area contributed by atoms with E-state index in [9.17, 15) is 0 Å². The number of hydrogen-bond donors (Lipinski definition) is 1. The average molecular weight is 249 g/mol. The lowest BCUT2D eigenvalue weighted by Gasteiger charge is -2.09. The van der Waals surface area contributed by atoms with E-state index in [4.69, 9.17) is 19.6 Å². The number of nitrogens with two attached hydrogens (primary N) is 1. The molecule has 2 N–H and O–H groups in total. The number of aromatic nitrogens is 2. The fourth-order valence-electron chi connectivity index (χ4n) is 1.58. The Morgan fingerprint density at radius 1 is 1.22 bits per heavy atom. The topological polar surface area (TPSA) is 83.4 Å². The highest BCUT2D eigenvalue weighted by Gasteiger charge is 2.17. The van der Waals surface area contributed by atoms with E-state index in [1.165, 1.54) is 0 Å². The van der Waals surface area contributed by atoms with Crippen molar-refractivity contribution in [2.24, 2.45) is 5.73 Å². The largest absolute Gasteiger partial charge is 0.493 e. The van der Waals surface area contributed by atoms with Crippen molar-refractivity contribution in [1.82, 2.24) is 10.2 Å². The molecule has 6 heteroatoms. The van der Waals surface area contributed by atoms with Crippen molar-refractivity contribution in [3.63, 3.8) is 0 Å². The number of rotatable bonds is 4. The van der Waals surface area contributed by atoms with Gasteiger partial charge in [-0.25, -0.2) is 0 Å². The molecule has 96 valence electrons. The van der Waals surface area contributed by atoms with Crippen molar-refractivity contribution in [1.29, 1.82) is 0 Å². The van der Waals surface area contributed by atoms with E-state index >= 15 is 0 Å². The van der Waals surface area contributed by atoms with Crippen LogP contribution >= 0.6 is 0 Å². The first-order chi connectivity index (χ1) is 8.67. The van der Waals surface area contributed by atoms with Crippen LogP contribution in [0.4, 0.5) is 0 Å². The van der Waals surface area contributed by atoms with Crippen molar-refractivity contribution in [2.45, 2.75) is 13.0 Å². The SMILES string of the molecule is COc1cccc(-c2nnc(C(C)N)o2)c1OC. The second kappa shape index (κ2) is 5.05. The predicted molar refractivity (Wildman–Crippen MR) is 65.4 cm³/mol. The van der Waals surface area contributed by atoms with E-state index in [0.717, 1.165) is 0 Å². The number of methoxy groups -OCH3 is 2. The number of para-hydroxylation sites is 1. The normalized spacial score (nSPS) is 12.2. The molecule has 0 aliphatic rings. The van der Waals surface area contributed by atoms with Crippen LogP contribution in [-0.2, 0) is 0 Å². The lowest BCUT2D eigenvalue weighted by atomic mass is 10.2. The molecule has 0 spiro atoms. The number of nitrogens with zero attached hydrogens (tertiary/aromatic N) is 2. The first-order valence-electron chi connectivity index (χ1n) is 5.47. The second-order valence-electron chi connectivity index (χ2n) is 3.78. The zero-order valence-corrected chi connectivity index (χ0v) is 10.5. The second-order valence-corrected chi connectivity index (χ2v) is 3.78. The molecule has 0 aliphatic carbocycles. The Morgan fingerprint density at radius 2 is 2.00 bits per heavy atom. The average Bonchev–Trinajstić information content (AvgIpc) is 2.87. The van der Waals surface area contributed by atoms with Gasteiger partial charge in [0.25, 0.3) is 5.89 Å². The fraction of sp³-hybridized carbons (Fsp3) is 0.333. The molecule has 18 heavy (non-hydrogen) atoms. The summed E-state index contributed by atoms with van der Waals surface area (Å²) in [5.74, 6) is 1.91. The van der Waals surface area contributed by atoms with Gasteiger partial charge in [0.05, 0.1) is 25.8 Å². The predicted octanol–water partition coefficient (Wildman–Crippen LogP) is 1.77. The van der Waals surface area contributed by atoms with Gasteiger partial charge in [-0.1, -0.05) is 6.07 Å². The molecule has 0 saturated heterocycles. The van der Waals surface area contributed by atoms with Gasteiger partial charge < -0.3 is 19.6 Å². The van der Waals surface area contributed by atoms with Crippen LogP contribution in [0.2, 0.25) is 0 Å². The highest BCUT2D eigenvalue weighted by molar-refractivity contribution is 5.67. The summed E-state index contributed by atoms with van der Waals surface area (Å²) in [7, 11) is 3.13.